The minimum atomic E-state index is -0.292. The van der Waals surface area contributed by atoms with E-state index in [1.807, 2.05) is 19.1 Å². The summed E-state index contributed by atoms with van der Waals surface area (Å²) in [6, 6.07) is 6.24. The first kappa shape index (κ1) is 14.7. The van der Waals surface area contributed by atoms with E-state index in [4.69, 9.17) is 10.5 Å². The van der Waals surface area contributed by atoms with Crippen LogP contribution in [0.3, 0.4) is 0 Å². The van der Waals surface area contributed by atoms with Gasteiger partial charge in [0.15, 0.2) is 0 Å². The van der Waals surface area contributed by atoms with Crippen LogP contribution in [-0.4, -0.2) is 24.7 Å². The van der Waals surface area contributed by atoms with E-state index < -0.39 is 0 Å². The maximum absolute atomic E-state index is 12.2. The van der Waals surface area contributed by atoms with E-state index >= 15 is 0 Å². The van der Waals surface area contributed by atoms with Crippen LogP contribution in [0.5, 0.6) is 0 Å². The van der Waals surface area contributed by atoms with Crippen molar-refractivity contribution < 1.29 is 9.53 Å². The van der Waals surface area contributed by atoms with E-state index in [9.17, 15) is 4.79 Å². The van der Waals surface area contributed by atoms with Crippen LogP contribution >= 0.6 is 0 Å². The molecule has 20 heavy (non-hydrogen) atoms. The van der Waals surface area contributed by atoms with Crippen molar-refractivity contribution in [2.75, 3.05) is 17.2 Å². The number of ether oxygens (including phenoxy) is 1. The van der Waals surface area contributed by atoms with Crippen LogP contribution < -0.4 is 10.6 Å². The molecule has 4 heteroatoms. The van der Waals surface area contributed by atoms with Crippen LogP contribution in [0.15, 0.2) is 18.2 Å². The van der Waals surface area contributed by atoms with Crippen molar-refractivity contribution in [2.45, 2.75) is 52.1 Å². The molecule has 0 saturated carbocycles. The number of rotatable bonds is 3. The summed E-state index contributed by atoms with van der Waals surface area (Å²) in [5.74, 6) is -0.292. The number of hydrogen-bond donors (Lipinski definition) is 1. The molecule has 1 fully saturated rings. The van der Waals surface area contributed by atoms with Gasteiger partial charge in [0, 0.05) is 12.1 Å². The summed E-state index contributed by atoms with van der Waals surface area (Å²) in [5.41, 5.74) is 8.23. The summed E-state index contributed by atoms with van der Waals surface area (Å²) >= 11 is 0. The van der Waals surface area contributed by atoms with Crippen LogP contribution in [-0.2, 0) is 4.74 Å². The smallest absolute Gasteiger partial charge is 0.340 e. The summed E-state index contributed by atoms with van der Waals surface area (Å²) in [5, 5.41) is 0. The van der Waals surface area contributed by atoms with E-state index in [0.717, 1.165) is 18.5 Å². The van der Waals surface area contributed by atoms with Gasteiger partial charge in [-0.3, -0.25) is 0 Å². The first-order valence-electron chi connectivity index (χ1n) is 7.40. The molecular weight excluding hydrogens is 252 g/mol. The van der Waals surface area contributed by atoms with Gasteiger partial charge in [-0.25, -0.2) is 4.79 Å². The molecule has 0 aliphatic carbocycles. The van der Waals surface area contributed by atoms with Crippen molar-refractivity contribution >= 4 is 17.3 Å². The third kappa shape index (κ3) is 2.74. The molecule has 1 aliphatic rings. The molecule has 0 aromatic heterocycles. The second-order valence-electron chi connectivity index (χ2n) is 5.50. The van der Waals surface area contributed by atoms with Gasteiger partial charge in [-0.05, 0) is 52.2 Å². The third-order valence-corrected chi connectivity index (χ3v) is 4.01. The van der Waals surface area contributed by atoms with Gasteiger partial charge < -0.3 is 15.4 Å². The van der Waals surface area contributed by atoms with Crippen LogP contribution in [0, 0.1) is 0 Å². The predicted octanol–water partition coefficient (Wildman–Crippen LogP) is 3.21. The topological polar surface area (TPSA) is 55.6 Å². The Hall–Kier alpha value is -1.71. The highest BCUT2D eigenvalue weighted by Gasteiger charge is 2.29. The molecule has 0 amide bonds. The number of benzene rings is 1. The molecule has 0 radical (unpaired) electrons. The van der Waals surface area contributed by atoms with Crippen molar-refractivity contribution in [3.63, 3.8) is 0 Å². The van der Waals surface area contributed by atoms with Gasteiger partial charge in [-0.2, -0.15) is 0 Å². The SMILES string of the molecule is CCOC(=O)c1cccc(N)c1N1[C@H](C)CCC[C@@H]1C. The Bertz CT molecular complexity index is 477. The number of hydrogen-bond acceptors (Lipinski definition) is 4. The summed E-state index contributed by atoms with van der Waals surface area (Å²) < 4.78 is 5.16. The second kappa shape index (κ2) is 6.16. The fraction of sp³-hybridized carbons (Fsp3) is 0.562. The molecule has 1 saturated heterocycles. The first-order chi connectivity index (χ1) is 9.56. The van der Waals surface area contributed by atoms with Gasteiger partial charge in [-0.1, -0.05) is 6.07 Å². The maximum Gasteiger partial charge on any atom is 0.340 e. The number of carbonyl (C=O) groups is 1. The van der Waals surface area contributed by atoms with Gasteiger partial charge in [0.2, 0.25) is 0 Å². The van der Waals surface area contributed by atoms with Gasteiger partial charge in [-0.15, -0.1) is 0 Å². The molecule has 1 heterocycles. The van der Waals surface area contributed by atoms with Crippen molar-refractivity contribution in [3.8, 4) is 0 Å². The minimum Gasteiger partial charge on any atom is -0.462 e. The number of esters is 1. The maximum atomic E-state index is 12.2. The highest BCUT2D eigenvalue weighted by atomic mass is 16.5. The zero-order valence-corrected chi connectivity index (χ0v) is 12.6. The molecule has 1 aromatic rings. The molecule has 2 N–H and O–H groups in total. The first-order valence-corrected chi connectivity index (χ1v) is 7.40. The lowest BCUT2D eigenvalue weighted by molar-refractivity contribution is 0.0527. The third-order valence-electron chi connectivity index (χ3n) is 4.01. The highest BCUT2D eigenvalue weighted by Crippen LogP contribution is 2.36. The Labute approximate surface area is 120 Å². The molecule has 0 spiro atoms. The monoisotopic (exact) mass is 276 g/mol. The number of nitrogens with two attached hydrogens (primary N) is 1. The Balaban J connectivity index is 2.46. The Morgan fingerprint density at radius 1 is 1.35 bits per heavy atom. The Morgan fingerprint density at radius 3 is 2.60 bits per heavy atom. The molecule has 2 atom stereocenters. The summed E-state index contributed by atoms with van der Waals surface area (Å²) in [7, 11) is 0. The molecule has 110 valence electrons. The second-order valence-corrected chi connectivity index (χ2v) is 5.50. The van der Waals surface area contributed by atoms with Crippen molar-refractivity contribution in [3.05, 3.63) is 23.8 Å². The standard InChI is InChI=1S/C16H24N2O2/c1-4-20-16(19)13-9-6-10-14(17)15(13)18-11(2)7-5-8-12(18)3/h6,9-12H,4-5,7-8,17H2,1-3H3/t11-,12+. The highest BCUT2D eigenvalue weighted by molar-refractivity contribution is 5.99. The summed E-state index contributed by atoms with van der Waals surface area (Å²) in [4.78, 5) is 14.5. The Morgan fingerprint density at radius 2 is 2.00 bits per heavy atom. The molecule has 0 bridgehead atoms. The van der Waals surface area contributed by atoms with E-state index in [1.54, 1.807) is 6.07 Å². The lowest BCUT2D eigenvalue weighted by atomic mass is 9.95. The lowest BCUT2D eigenvalue weighted by Gasteiger charge is -2.42. The number of carbonyl (C=O) groups excluding carboxylic acids is 1. The van der Waals surface area contributed by atoms with Gasteiger partial charge in [0.25, 0.3) is 0 Å². The van der Waals surface area contributed by atoms with Crippen LogP contribution in [0.2, 0.25) is 0 Å². The average Bonchev–Trinajstić information content (AvgIpc) is 2.40. The molecule has 4 nitrogen and oxygen atoms in total. The van der Waals surface area contributed by atoms with Crippen molar-refractivity contribution in [1.29, 1.82) is 0 Å². The summed E-state index contributed by atoms with van der Waals surface area (Å²) in [6.45, 7) is 6.57. The average molecular weight is 276 g/mol. The van der Waals surface area contributed by atoms with Crippen LogP contribution in [0.4, 0.5) is 11.4 Å². The predicted molar refractivity (Wildman–Crippen MR) is 82.1 cm³/mol. The number of nitrogens with zero attached hydrogens (tertiary/aromatic N) is 1. The van der Waals surface area contributed by atoms with E-state index in [0.29, 0.717) is 29.9 Å². The Kier molecular flexibility index (Phi) is 4.53. The molecule has 1 aromatic carbocycles. The molecule has 1 aliphatic heterocycles. The summed E-state index contributed by atoms with van der Waals surface area (Å²) in [6.07, 6.45) is 3.47. The van der Waals surface area contributed by atoms with Crippen molar-refractivity contribution in [1.82, 2.24) is 0 Å². The van der Waals surface area contributed by atoms with Crippen molar-refractivity contribution in [2.24, 2.45) is 0 Å². The fourth-order valence-corrected chi connectivity index (χ4v) is 3.09. The number of para-hydroxylation sites is 1. The molecule has 2 rings (SSSR count). The quantitative estimate of drug-likeness (QED) is 0.680. The fourth-order valence-electron chi connectivity index (χ4n) is 3.09. The zero-order chi connectivity index (χ0) is 14.7. The van der Waals surface area contributed by atoms with E-state index in [1.165, 1.54) is 6.42 Å². The molecule has 0 unspecified atom stereocenters. The molecular formula is C16H24N2O2. The van der Waals surface area contributed by atoms with Gasteiger partial charge >= 0.3 is 5.97 Å². The number of anilines is 2. The number of nitrogen functional groups attached to an aromatic ring is 1. The van der Waals surface area contributed by atoms with E-state index in [2.05, 4.69) is 18.7 Å². The van der Waals surface area contributed by atoms with Gasteiger partial charge in [0.1, 0.15) is 0 Å². The largest absolute Gasteiger partial charge is 0.462 e. The van der Waals surface area contributed by atoms with Crippen LogP contribution in [0.25, 0.3) is 0 Å². The van der Waals surface area contributed by atoms with E-state index in [-0.39, 0.29) is 5.97 Å². The minimum absolute atomic E-state index is 0.292. The number of piperidine rings is 1. The zero-order valence-electron chi connectivity index (χ0n) is 12.6. The lowest BCUT2D eigenvalue weighted by Crippen LogP contribution is -2.45. The normalized spacial score (nSPS) is 22.6. The van der Waals surface area contributed by atoms with Crippen LogP contribution in [0.1, 0.15) is 50.4 Å². The van der Waals surface area contributed by atoms with Gasteiger partial charge in [0.05, 0.1) is 23.5 Å².